The van der Waals surface area contributed by atoms with Crippen LogP contribution in [0, 0.1) is 35.3 Å². The maximum Gasteiger partial charge on any atom is 0.270 e. The Balaban J connectivity index is 1.80. The number of aryl methyl sites for hydroxylation is 1. The molecule has 0 saturated heterocycles. The van der Waals surface area contributed by atoms with E-state index in [1.807, 2.05) is 32.0 Å². The molecule has 0 aliphatic rings. The van der Waals surface area contributed by atoms with Gasteiger partial charge in [-0.05, 0) is 60.0 Å². The highest BCUT2D eigenvalue weighted by atomic mass is 16.6. The Hall–Kier alpha value is -4.17. The predicted octanol–water partition coefficient (Wildman–Crippen LogP) is 6.22. The molecule has 0 atom stereocenters. The van der Waals surface area contributed by atoms with E-state index in [9.17, 15) is 15.4 Å². The fourth-order valence-electron chi connectivity index (χ4n) is 3.77. The molecule has 3 aromatic carbocycles. The molecule has 0 radical (unpaired) electrons. The average molecular weight is 393 g/mol. The van der Waals surface area contributed by atoms with E-state index >= 15 is 0 Å². The molecule has 0 amide bonds. The van der Waals surface area contributed by atoms with Crippen LogP contribution in [0.3, 0.4) is 0 Å². The molecule has 0 aliphatic carbocycles. The highest BCUT2D eigenvalue weighted by Gasteiger charge is 2.13. The lowest BCUT2D eigenvalue weighted by Crippen LogP contribution is -1.99. The Morgan fingerprint density at radius 2 is 1.77 bits per heavy atom. The molecule has 146 valence electrons. The predicted molar refractivity (Wildman–Crippen MR) is 119 cm³/mol. The molecule has 30 heavy (non-hydrogen) atoms. The number of hydrogen-bond donors (Lipinski definition) is 0. The van der Waals surface area contributed by atoms with E-state index in [0.717, 1.165) is 28.0 Å². The van der Waals surface area contributed by atoms with Gasteiger partial charge in [0.05, 0.1) is 16.6 Å². The molecule has 4 aromatic rings. The molecule has 1 heterocycles. The SMILES string of the molecule is Cc1cc(C=C(C#N)c2cccc([N+](=O)[O-])c2)c(C)n1-c1ccc2ccccc2c1. The summed E-state index contributed by atoms with van der Waals surface area (Å²) in [6.45, 7) is 4.04. The van der Waals surface area contributed by atoms with E-state index in [1.54, 1.807) is 18.2 Å². The van der Waals surface area contributed by atoms with Crippen molar-refractivity contribution in [2.24, 2.45) is 0 Å². The highest BCUT2D eigenvalue weighted by Crippen LogP contribution is 2.28. The van der Waals surface area contributed by atoms with Crippen LogP contribution in [0.5, 0.6) is 0 Å². The Morgan fingerprint density at radius 3 is 2.50 bits per heavy atom. The van der Waals surface area contributed by atoms with Crippen LogP contribution in [0.1, 0.15) is 22.5 Å². The van der Waals surface area contributed by atoms with Gasteiger partial charge < -0.3 is 4.57 Å². The van der Waals surface area contributed by atoms with Crippen LogP contribution in [-0.4, -0.2) is 9.49 Å². The third-order valence-corrected chi connectivity index (χ3v) is 5.25. The number of fused-ring (bicyclic) bond motifs is 1. The van der Waals surface area contributed by atoms with Crippen molar-refractivity contribution in [2.75, 3.05) is 0 Å². The molecule has 4 rings (SSSR count). The van der Waals surface area contributed by atoms with Gasteiger partial charge in [-0.1, -0.05) is 42.5 Å². The van der Waals surface area contributed by atoms with Gasteiger partial charge in [0.15, 0.2) is 0 Å². The number of rotatable bonds is 4. The largest absolute Gasteiger partial charge is 0.318 e. The molecule has 5 heteroatoms. The molecule has 0 spiro atoms. The zero-order valence-electron chi connectivity index (χ0n) is 16.7. The molecule has 0 unspecified atom stereocenters. The Bertz CT molecular complexity index is 1360. The zero-order valence-corrected chi connectivity index (χ0v) is 16.7. The van der Waals surface area contributed by atoms with Crippen LogP contribution in [0.15, 0.2) is 72.8 Å². The summed E-state index contributed by atoms with van der Waals surface area (Å²) >= 11 is 0. The van der Waals surface area contributed by atoms with Gasteiger partial charge in [-0.15, -0.1) is 0 Å². The minimum Gasteiger partial charge on any atom is -0.318 e. The lowest BCUT2D eigenvalue weighted by atomic mass is 10.0. The summed E-state index contributed by atoms with van der Waals surface area (Å²) in [7, 11) is 0. The van der Waals surface area contributed by atoms with Gasteiger partial charge >= 0.3 is 0 Å². The third-order valence-electron chi connectivity index (χ3n) is 5.25. The second-order valence-electron chi connectivity index (χ2n) is 7.17. The van der Waals surface area contributed by atoms with E-state index in [1.165, 1.54) is 17.5 Å². The molecule has 0 saturated carbocycles. The van der Waals surface area contributed by atoms with E-state index in [0.29, 0.717) is 11.1 Å². The smallest absolute Gasteiger partial charge is 0.270 e. The molecule has 0 aliphatic heterocycles. The first-order valence-electron chi connectivity index (χ1n) is 9.52. The molecular formula is C25H19N3O2. The monoisotopic (exact) mass is 393 g/mol. The van der Waals surface area contributed by atoms with Gasteiger partial charge in [-0.25, -0.2) is 0 Å². The number of aromatic nitrogens is 1. The Labute approximate surface area is 174 Å². The van der Waals surface area contributed by atoms with Crippen molar-refractivity contribution in [3.63, 3.8) is 0 Å². The number of allylic oxidation sites excluding steroid dienone is 1. The van der Waals surface area contributed by atoms with E-state index in [-0.39, 0.29) is 5.69 Å². The highest BCUT2D eigenvalue weighted by molar-refractivity contribution is 5.91. The van der Waals surface area contributed by atoms with Crippen LogP contribution in [-0.2, 0) is 0 Å². The van der Waals surface area contributed by atoms with Crippen molar-refractivity contribution < 1.29 is 4.92 Å². The first kappa shape index (κ1) is 19.2. The van der Waals surface area contributed by atoms with Crippen LogP contribution >= 0.6 is 0 Å². The van der Waals surface area contributed by atoms with Crippen molar-refractivity contribution in [3.8, 4) is 11.8 Å². The molecule has 1 aromatic heterocycles. The Morgan fingerprint density at radius 1 is 1.00 bits per heavy atom. The first-order chi connectivity index (χ1) is 14.5. The molecule has 0 fully saturated rings. The van der Waals surface area contributed by atoms with Crippen LogP contribution in [0.4, 0.5) is 5.69 Å². The molecular weight excluding hydrogens is 374 g/mol. The molecule has 0 bridgehead atoms. The minimum absolute atomic E-state index is 0.0321. The number of nitro groups is 1. The standard InChI is InChI=1S/C25H19N3O2/c1-17-12-22(13-23(16-26)21-8-5-9-25(15-21)28(29)30)18(2)27(17)24-11-10-19-6-3-4-7-20(19)14-24/h3-15H,1-2H3. The number of hydrogen-bond acceptors (Lipinski definition) is 3. The van der Waals surface area contributed by atoms with Crippen LogP contribution < -0.4 is 0 Å². The first-order valence-corrected chi connectivity index (χ1v) is 9.52. The van der Waals surface area contributed by atoms with Gasteiger partial charge in [0.2, 0.25) is 0 Å². The number of nitriles is 1. The molecule has 0 N–H and O–H groups in total. The molecule has 5 nitrogen and oxygen atoms in total. The zero-order chi connectivity index (χ0) is 21.3. The lowest BCUT2D eigenvalue weighted by Gasteiger charge is -2.11. The summed E-state index contributed by atoms with van der Waals surface area (Å²) in [6, 6.07) is 24.9. The van der Waals surface area contributed by atoms with Crippen molar-refractivity contribution >= 4 is 28.1 Å². The summed E-state index contributed by atoms with van der Waals surface area (Å²) in [5, 5.41) is 23.1. The second-order valence-corrected chi connectivity index (χ2v) is 7.17. The lowest BCUT2D eigenvalue weighted by molar-refractivity contribution is -0.384. The number of non-ortho nitro benzene ring substituents is 1. The number of nitro benzene ring substituents is 1. The Kier molecular flexibility index (Phi) is 4.91. The summed E-state index contributed by atoms with van der Waals surface area (Å²) in [5.74, 6) is 0. The van der Waals surface area contributed by atoms with Crippen LogP contribution in [0.2, 0.25) is 0 Å². The number of nitrogens with zero attached hydrogens (tertiary/aromatic N) is 3. The van der Waals surface area contributed by atoms with Gasteiger partial charge in [0.25, 0.3) is 5.69 Å². The van der Waals surface area contributed by atoms with E-state index < -0.39 is 4.92 Å². The van der Waals surface area contributed by atoms with Gasteiger partial charge in [-0.2, -0.15) is 5.26 Å². The minimum atomic E-state index is -0.454. The topological polar surface area (TPSA) is 71.9 Å². The average Bonchev–Trinajstić information content (AvgIpc) is 3.04. The summed E-state index contributed by atoms with van der Waals surface area (Å²) in [5.41, 5.74) is 4.89. The van der Waals surface area contributed by atoms with Crippen LogP contribution in [0.25, 0.3) is 28.1 Å². The van der Waals surface area contributed by atoms with Crippen molar-refractivity contribution in [1.82, 2.24) is 4.57 Å². The summed E-state index contributed by atoms with van der Waals surface area (Å²) in [6.07, 6.45) is 1.79. The van der Waals surface area contributed by atoms with Gasteiger partial charge in [0.1, 0.15) is 0 Å². The fourth-order valence-corrected chi connectivity index (χ4v) is 3.77. The fraction of sp³-hybridized carbons (Fsp3) is 0.0800. The third kappa shape index (κ3) is 3.47. The maximum atomic E-state index is 11.1. The van der Waals surface area contributed by atoms with Crippen molar-refractivity contribution in [2.45, 2.75) is 13.8 Å². The van der Waals surface area contributed by atoms with E-state index in [2.05, 4.69) is 41.0 Å². The number of benzene rings is 3. The summed E-state index contributed by atoms with van der Waals surface area (Å²) in [4.78, 5) is 10.6. The van der Waals surface area contributed by atoms with Crippen molar-refractivity contribution in [3.05, 3.63) is 105 Å². The quantitative estimate of drug-likeness (QED) is 0.235. The maximum absolute atomic E-state index is 11.1. The van der Waals surface area contributed by atoms with Gasteiger partial charge in [0, 0.05) is 29.2 Å². The second kappa shape index (κ2) is 7.69. The normalized spacial score (nSPS) is 11.4. The van der Waals surface area contributed by atoms with Crippen molar-refractivity contribution in [1.29, 1.82) is 5.26 Å². The van der Waals surface area contributed by atoms with E-state index in [4.69, 9.17) is 0 Å². The van der Waals surface area contributed by atoms with Gasteiger partial charge in [-0.3, -0.25) is 10.1 Å². The summed E-state index contributed by atoms with van der Waals surface area (Å²) < 4.78 is 2.15.